The zero-order valence-electron chi connectivity index (χ0n) is 10.5. The molecule has 0 amide bonds. The van der Waals surface area contributed by atoms with Gasteiger partial charge in [0.25, 0.3) is 0 Å². The first-order valence-corrected chi connectivity index (χ1v) is 6.23. The Balaban J connectivity index is 2.06. The Morgan fingerprint density at radius 3 is 2.67 bits per heavy atom. The second-order valence-electron chi connectivity index (χ2n) is 4.68. The van der Waals surface area contributed by atoms with Crippen LogP contribution >= 0.6 is 0 Å². The van der Waals surface area contributed by atoms with Crippen LogP contribution in [0.25, 0.3) is 0 Å². The number of rotatable bonds is 4. The monoisotopic (exact) mass is 251 g/mol. The number of ether oxygens (including phenoxy) is 1. The average Bonchev–Trinajstić information content (AvgIpc) is 2.39. The molecule has 1 aromatic rings. The van der Waals surface area contributed by atoms with Gasteiger partial charge < -0.3 is 10.1 Å². The van der Waals surface area contributed by atoms with E-state index in [0.29, 0.717) is 18.4 Å². The van der Waals surface area contributed by atoms with Gasteiger partial charge in [-0.05, 0) is 38.9 Å². The summed E-state index contributed by atoms with van der Waals surface area (Å²) in [6.45, 7) is 3.21. The van der Waals surface area contributed by atoms with E-state index in [1.807, 2.05) is 0 Å². The first-order chi connectivity index (χ1) is 8.64. The molecule has 4 heteroatoms. The summed E-state index contributed by atoms with van der Waals surface area (Å²) >= 11 is 0. The highest BCUT2D eigenvalue weighted by Crippen LogP contribution is 2.26. The van der Waals surface area contributed by atoms with Crippen molar-refractivity contribution >= 4 is 5.78 Å². The molecule has 98 valence electrons. The number of carbonyl (C=O) groups excluding carboxylic acids is 1. The average molecular weight is 251 g/mol. The Bertz CT molecular complexity index is 428. The summed E-state index contributed by atoms with van der Waals surface area (Å²) in [5.41, 5.74) is -0.246. The molecule has 0 aliphatic carbocycles. The minimum atomic E-state index is -0.743. The van der Waals surface area contributed by atoms with Crippen molar-refractivity contribution in [3.05, 3.63) is 35.6 Å². The quantitative estimate of drug-likeness (QED) is 0.890. The lowest BCUT2D eigenvalue weighted by Crippen LogP contribution is -2.48. The van der Waals surface area contributed by atoms with Crippen LogP contribution in [0, 0.1) is 5.82 Å². The third kappa shape index (κ3) is 2.76. The molecule has 18 heavy (non-hydrogen) atoms. The van der Waals surface area contributed by atoms with Crippen molar-refractivity contribution < 1.29 is 13.9 Å². The fraction of sp³-hybridized carbons (Fsp3) is 0.500. The minimum Gasteiger partial charge on any atom is -0.362 e. The van der Waals surface area contributed by atoms with Crippen LogP contribution in [0.1, 0.15) is 25.3 Å². The molecule has 2 rings (SSSR count). The van der Waals surface area contributed by atoms with Crippen LogP contribution in [0.4, 0.5) is 4.39 Å². The largest absolute Gasteiger partial charge is 0.362 e. The van der Waals surface area contributed by atoms with Crippen molar-refractivity contribution in [3.8, 4) is 0 Å². The van der Waals surface area contributed by atoms with Gasteiger partial charge in [0.15, 0.2) is 5.78 Å². The summed E-state index contributed by atoms with van der Waals surface area (Å²) in [7, 11) is 0. The number of piperidine rings is 1. The molecule has 1 aliphatic rings. The third-order valence-corrected chi connectivity index (χ3v) is 3.51. The van der Waals surface area contributed by atoms with E-state index in [-0.39, 0.29) is 18.2 Å². The predicted molar refractivity (Wildman–Crippen MR) is 66.7 cm³/mol. The number of Topliss-reactive ketones (excluding diaryl/α,β-unsaturated/α-hetero) is 1. The van der Waals surface area contributed by atoms with Gasteiger partial charge in [0.05, 0.1) is 6.61 Å². The lowest BCUT2D eigenvalue weighted by atomic mass is 9.88. The summed E-state index contributed by atoms with van der Waals surface area (Å²) in [5, 5.41) is 3.20. The number of hydrogen-bond donors (Lipinski definition) is 1. The summed E-state index contributed by atoms with van der Waals surface area (Å²) in [4.78, 5) is 11.8. The van der Waals surface area contributed by atoms with Crippen LogP contribution in [0.2, 0.25) is 0 Å². The van der Waals surface area contributed by atoms with Crippen LogP contribution in [-0.4, -0.2) is 24.5 Å². The van der Waals surface area contributed by atoms with E-state index in [0.717, 1.165) is 13.1 Å². The Morgan fingerprint density at radius 1 is 1.39 bits per heavy atom. The standard InChI is InChI=1S/C14H18FNO2/c1-11(17)14(6-8-16-9-7-14)18-10-12-4-2-3-5-13(12)15/h2-5,16H,6-10H2,1H3. The number of carbonyl (C=O) groups is 1. The molecule has 1 aliphatic heterocycles. The highest BCUT2D eigenvalue weighted by molar-refractivity contribution is 5.85. The van der Waals surface area contributed by atoms with Crippen LogP contribution in [0.3, 0.4) is 0 Å². The van der Waals surface area contributed by atoms with Gasteiger partial charge in [0, 0.05) is 5.56 Å². The van der Waals surface area contributed by atoms with Gasteiger partial charge in [-0.25, -0.2) is 4.39 Å². The summed E-state index contributed by atoms with van der Waals surface area (Å²) in [6, 6.07) is 6.50. The molecule has 1 N–H and O–H groups in total. The van der Waals surface area contributed by atoms with Crippen LogP contribution < -0.4 is 5.32 Å². The Morgan fingerprint density at radius 2 is 2.06 bits per heavy atom. The molecule has 0 atom stereocenters. The molecule has 3 nitrogen and oxygen atoms in total. The summed E-state index contributed by atoms with van der Waals surface area (Å²) in [5.74, 6) is -0.259. The maximum atomic E-state index is 13.5. The molecular weight excluding hydrogens is 233 g/mol. The van der Waals surface area contributed by atoms with Gasteiger partial charge in [-0.2, -0.15) is 0 Å². The number of ketones is 1. The van der Waals surface area contributed by atoms with Gasteiger partial charge in [-0.1, -0.05) is 18.2 Å². The summed E-state index contributed by atoms with van der Waals surface area (Å²) < 4.78 is 19.3. The van der Waals surface area contributed by atoms with E-state index in [4.69, 9.17) is 4.74 Å². The minimum absolute atomic E-state index is 0.0281. The van der Waals surface area contributed by atoms with E-state index in [9.17, 15) is 9.18 Å². The van der Waals surface area contributed by atoms with E-state index < -0.39 is 5.60 Å². The van der Waals surface area contributed by atoms with E-state index in [1.54, 1.807) is 25.1 Å². The first-order valence-electron chi connectivity index (χ1n) is 6.23. The van der Waals surface area contributed by atoms with Crippen molar-refractivity contribution in [2.75, 3.05) is 13.1 Å². The van der Waals surface area contributed by atoms with Crippen molar-refractivity contribution in [2.24, 2.45) is 0 Å². The lowest BCUT2D eigenvalue weighted by molar-refractivity contribution is -0.148. The lowest BCUT2D eigenvalue weighted by Gasteiger charge is -2.35. The molecule has 0 unspecified atom stereocenters. The molecule has 0 spiro atoms. The second-order valence-corrected chi connectivity index (χ2v) is 4.68. The van der Waals surface area contributed by atoms with Crippen molar-refractivity contribution in [2.45, 2.75) is 32.0 Å². The molecule has 0 bridgehead atoms. The number of halogens is 1. The number of benzene rings is 1. The highest BCUT2D eigenvalue weighted by Gasteiger charge is 2.37. The predicted octanol–water partition coefficient (Wildman–Crippen LogP) is 2.05. The maximum Gasteiger partial charge on any atom is 0.161 e. The fourth-order valence-corrected chi connectivity index (χ4v) is 2.26. The van der Waals surface area contributed by atoms with Gasteiger partial charge in [-0.3, -0.25) is 4.79 Å². The zero-order valence-corrected chi connectivity index (χ0v) is 10.5. The number of nitrogens with one attached hydrogen (secondary N) is 1. The van der Waals surface area contributed by atoms with Crippen LogP contribution in [-0.2, 0) is 16.1 Å². The topological polar surface area (TPSA) is 38.3 Å². The molecule has 0 saturated carbocycles. The molecule has 1 heterocycles. The molecule has 0 radical (unpaired) electrons. The molecular formula is C14H18FNO2. The molecule has 0 aromatic heterocycles. The zero-order chi connectivity index (χ0) is 13.0. The van der Waals surface area contributed by atoms with Gasteiger partial charge in [0.1, 0.15) is 11.4 Å². The van der Waals surface area contributed by atoms with Crippen molar-refractivity contribution in [3.63, 3.8) is 0 Å². The van der Waals surface area contributed by atoms with E-state index >= 15 is 0 Å². The van der Waals surface area contributed by atoms with E-state index in [1.165, 1.54) is 6.07 Å². The van der Waals surface area contributed by atoms with E-state index in [2.05, 4.69) is 5.32 Å². The Hall–Kier alpha value is -1.26. The van der Waals surface area contributed by atoms with Gasteiger partial charge in [-0.15, -0.1) is 0 Å². The smallest absolute Gasteiger partial charge is 0.161 e. The Kier molecular flexibility index (Phi) is 4.09. The molecule has 1 fully saturated rings. The molecule has 1 aromatic carbocycles. The normalized spacial score (nSPS) is 18.6. The second kappa shape index (κ2) is 5.59. The van der Waals surface area contributed by atoms with Gasteiger partial charge >= 0.3 is 0 Å². The van der Waals surface area contributed by atoms with Crippen molar-refractivity contribution in [1.29, 1.82) is 0 Å². The third-order valence-electron chi connectivity index (χ3n) is 3.51. The number of hydrogen-bond acceptors (Lipinski definition) is 3. The highest BCUT2D eigenvalue weighted by atomic mass is 19.1. The Labute approximate surface area is 106 Å². The van der Waals surface area contributed by atoms with Crippen molar-refractivity contribution in [1.82, 2.24) is 5.32 Å². The summed E-state index contributed by atoms with van der Waals surface area (Å²) in [6.07, 6.45) is 1.30. The molecule has 1 saturated heterocycles. The SMILES string of the molecule is CC(=O)C1(OCc2ccccc2F)CCNCC1. The fourth-order valence-electron chi connectivity index (χ4n) is 2.26. The first kappa shape index (κ1) is 13.2. The maximum absolute atomic E-state index is 13.5. The van der Waals surface area contributed by atoms with Crippen LogP contribution in [0.5, 0.6) is 0 Å². The van der Waals surface area contributed by atoms with Crippen LogP contribution in [0.15, 0.2) is 24.3 Å². The van der Waals surface area contributed by atoms with Gasteiger partial charge in [0.2, 0.25) is 0 Å².